The van der Waals surface area contributed by atoms with Crippen LogP contribution in [0.4, 0.5) is 0 Å². The van der Waals surface area contributed by atoms with Gasteiger partial charge in [0.2, 0.25) is 5.91 Å². The second-order valence-corrected chi connectivity index (χ2v) is 19.3. The number of carbonyl (C=O) groups is 3. The number of hydrogen-bond donors (Lipinski definition) is 4. The Morgan fingerprint density at radius 2 is 1.49 bits per heavy atom. The standard InChI is InChI=1S/C46H85N3O14/c1-17-33-46(12,55)38(52)30(8)47-41(53)26(4)24-44(10,56-15)39(63-43-36(51)32(48(13)14)23-27(5)58-43)28(6)37(29(7)42(54)60-33)62-35-25-45(11,57-16)40(31(9)59-35)61-34(50)21-20-22-49(18-2)19-3/h26-33,35-40,43,51-52,55H,17-25H2,1-16H3,(H,47,53)/t26-,27-,28+,29-,30-,31+,32+,33-,35+,36-,37+,38-,39-,40?,43+,44-,45-,46-/m1/s1. The summed E-state index contributed by atoms with van der Waals surface area (Å²) in [5.41, 5.74) is -4.33. The van der Waals surface area contributed by atoms with Crippen molar-refractivity contribution in [2.24, 2.45) is 17.8 Å². The lowest BCUT2D eigenvalue weighted by molar-refractivity contribution is -0.320. The van der Waals surface area contributed by atoms with E-state index in [0.717, 1.165) is 19.6 Å². The van der Waals surface area contributed by atoms with Crippen molar-refractivity contribution in [3.63, 3.8) is 0 Å². The topological polar surface area (TPSA) is 204 Å². The van der Waals surface area contributed by atoms with E-state index in [2.05, 4.69) is 24.1 Å². The Kier molecular flexibility index (Phi) is 20.7. The van der Waals surface area contributed by atoms with Gasteiger partial charge in [0.25, 0.3) is 0 Å². The second-order valence-electron chi connectivity index (χ2n) is 19.3. The zero-order valence-corrected chi connectivity index (χ0v) is 41.3. The maximum atomic E-state index is 14.5. The Hall–Kier alpha value is -2.03. The Morgan fingerprint density at radius 3 is 2.05 bits per heavy atom. The molecular formula is C46H85N3O14. The smallest absolute Gasteiger partial charge is 0.311 e. The normalized spacial score (nSPS) is 42.6. The van der Waals surface area contributed by atoms with Crippen LogP contribution in [0, 0.1) is 17.8 Å². The molecule has 17 nitrogen and oxygen atoms in total. The summed E-state index contributed by atoms with van der Waals surface area (Å²) in [5, 5.41) is 37.8. The molecule has 0 spiro atoms. The zero-order valence-electron chi connectivity index (χ0n) is 41.3. The van der Waals surface area contributed by atoms with Gasteiger partial charge in [-0.2, -0.15) is 0 Å². The quantitative estimate of drug-likeness (QED) is 0.174. The molecule has 17 heteroatoms. The van der Waals surface area contributed by atoms with Crippen LogP contribution in [0.1, 0.15) is 122 Å². The SMILES string of the molecule is CC[C@H]1OC(=O)[C@H](C)[C@@H](O[C@H]2C[C@@](C)(OC)C(OC(=O)CCCN(CC)CC)[C@H](C)O2)[C@H](C)[C@@H](O[C@@H]2O[C@H](C)C[C@H](N(C)C)[C@H]2O)[C@](C)(OC)C[C@@H](C)C(=O)N[C@H](C)[C@@H](O)[C@]1(C)O. The van der Waals surface area contributed by atoms with Gasteiger partial charge in [-0.05, 0) is 108 Å². The lowest BCUT2D eigenvalue weighted by Gasteiger charge is -2.49. The van der Waals surface area contributed by atoms with Crippen LogP contribution in [0.15, 0.2) is 0 Å². The van der Waals surface area contributed by atoms with Crippen LogP contribution in [0.25, 0.3) is 0 Å². The first-order chi connectivity index (χ1) is 29.3. The number of aliphatic hydroxyl groups is 3. The Labute approximate surface area is 377 Å². The first-order valence-electron chi connectivity index (χ1n) is 23.2. The summed E-state index contributed by atoms with van der Waals surface area (Å²) in [5.74, 6) is -4.06. The van der Waals surface area contributed by atoms with Crippen LogP contribution < -0.4 is 5.32 Å². The van der Waals surface area contributed by atoms with Crippen LogP contribution >= 0.6 is 0 Å². The molecule has 3 heterocycles. The molecule has 0 radical (unpaired) electrons. The third-order valence-electron chi connectivity index (χ3n) is 14.1. The first-order valence-corrected chi connectivity index (χ1v) is 23.2. The van der Waals surface area contributed by atoms with Crippen molar-refractivity contribution in [2.45, 2.75) is 212 Å². The molecule has 1 unspecified atom stereocenters. The fourth-order valence-corrected chi connectivity index (χ4v) is 9.81. The van der Waals surface area contributed by atoms with Gasteiger partial charge in [-0.15, -0.1) is 0 Å². The number of nitrogens with zero attached hydrogens (tertiary/aromatic N) is 2. The molecular weight excluding hydrogens is 819 g/mol. The molecule has 0 bridgehead atoms. The fourth-order valence-electron chi connectivity index (χ4n) is 9.81. The number of ether oxygens (including phenoxy) is 8. The summed E-state index contributed by atoms with van der Waals surface area (Å²) < 4.78 is 51.1. The highest BCUT2D eigenvalue weighted by molar-refractivity contribution is 5.78. The lowest BCUT2D eigenvalue weighted by Crippen LogP contribution is -2.61. The minimum atomic E-state index is -1.97. The van der Waals surface area contributed by atoms with Crippen molar-refractivity contribution in [3.05, 3.63) is 0 Å². The summed E-state index contributed by atoms with van der Waals surface area (Å²) in [7, 11) is 6.81. The molecule has 18 atom stereocenters. The van der Waals surface area contributed by atoms with Gasteiger partial charge in [-0.3, -0.25) is 14.4 Å². The summed E-state index contributed by atoms with van der Waals surface area (Å²) in [6, 6.07) is -1.25. The number of methoxy groups -OCH3 is 2. The molecule has 3 saturated heterocycles. The van der Waals surface area contributed by atoms with Crippen molar-refractivity contribution in [3.8, 4) is 0 Å². The van der Waals surface area contributed by atoms with Crippen LogP contribution in [0.2, 0.25) is 0 Å². The summed E-state index contributed by atoms with van der Waals surface area (Å²) in [6.45, 7) is 23.9. The number of cyclic esters (lactones) is 1. The summed E-state index contributed by atoms with van der Waals surface area (Å²) in [6.07, 6.45) is -8.04. The fraction of sp³-hybridized carbons (Fsp3) is 0.935. The number of likely N-dealkylation sites (N-methyl/N-ethyl adjacent to an activating group) is 1. The molecule has 3 aliphatic rings. The van der Waals surface area contributed by atoms with E-state index >= 15 is 0 Å². The molecule has 4 N–H and O–H groups in total. The average Bonchev–Trinajstić information content (AvgIpc) is 3.23. The molecule has 0 aromatic rings. The van der Waals surface area contributed by atoms with Gasteiger partial charge < -0.3 is 68.3 Å². The first kappa shape index (κ1) is 55.3. The predicted molar refractivity (Wildman–Crippen MR) is 235 cm³/mol. The molecule has 0 saturated carbocycles. The molecule has 0 aromatic heterocycles. The summed E-state index contributed by atoms with van der Waals surface area (Å²) >= 11 is 0. The molecule has 0 aromatic carbocycles. The van der Waals surface area contributed by atoms with Crippen LogP contribution in [0.5, 0.6) is 0 Å². The van der Waals surface area contributed by atoms with Crippen molar-refractivity contribution in [2.75, 3.05) is 47.9 Å². The second kappa shape index (κ2) is 23.6. The third kappa shape index (κ3) is 13.5. The molecule has 3 fully saturated rings. The van der Waals surface area contributed by atoms with E-state index < -0.39 is 108 Å². The molecule has 3 aliphatic heterocycles. The van der Waals surface area contributed by atoms with Gasteiger partial charge in [0, 0.05) is 44.9 Å². The van der Waals surface area contributed by atoms with Gasteiger partial charge in [-0.25, -0.2) is 0 Å². The number of esters is 2. The van der Waals surface area contributed by atoms with E-state index in [1.165, 1.54) is 21.1 Å². The Bertz CT molecular complexity index is 1450. The minimum absolute atomic E-state index is 0.0861. The maximum absolute atomic E-state index is 14.5. The van der Waals surface area contributed by atoms with Crippen LogP contribution in [0.3, 0.4) is 0 Å². The lowest BCUT2D eigenvalue weighted by atomic mass is 9.77. The third-order valence-corrected chi connectivity index (χ3v) is 14.1. The minimum Gasteiger partial charge on any atom is -0.459 e. The van der Waals surface area contributed by atoms with Gasteiger partial charge in [0.05, 0.1) is 42.0 Å². The zero-order chi connectivity index (χ0) is 47.8. The monoisotopic (exact) mass is 904 g/mol. The van der Waals surface area contributed by atoms with Crippen LogP contribution in [-0.2, 0) is 52.3 Å². The molecule has 1 amide bonds. The van der Waals surface area contributed by atoms with E-state index in [1.807, 2.05) is 39.8 Å². The largest absolute Gasteiger partial charge is 0.459 e. The van der Waals surface area contributed by atoms with Gasteiger partial charge in [-0.1, -0.05) is 34.6 Å². The van der Waals surface area contributed by atoms with E-state index in [9.17, 15) is 29.7 Å². The Balaban J connectivity index is 2.14. The van der Waals surface area contributed by atoms with Gasteiger partial charge in [0.1, 0.15) is 29.5 Å². The number of amides is 1. The van der Waals surface area contributed by atoms with Crippen molar-refractivity contribution < 1.29 is 67.6 Å². The average molecular weight is 904 g/mol. The molecule has 0 aliphatic carbocycles. The number of rotatable bonds is 15. The highest BCUT2D eigenvalue weighted by Crippen LogP contribution is 2.41. The van der Waals surface area contributed by atoms with Gasteiger partial charge >= 0.3 is 11.9 Å². The van der Waals surface area contributed by atoms with Gasteiger partial charge in [0.15, 0.2) is 18.7 Å². The van der Waals surface area contributed by atoms with Crippen molar-refractivity contribution >= 4 is 17.8 Å². The molecule has 63 heavy (non-hydrogen) atoms. The Morgan fingerprint density at radius 1 is 0.889 bits per heavy atom. The number of aliphatic hydroxyl groups excluding tert-OH is 2. The van der Waals surface area contributed by atoms with E-state index in [1.54, 1.807) is 41.5 Å². The highest BCUT2D eigenvalue weighted by Gasteiger charge is 2.54. The van der Waals surface area contributed by atoms with Crippen molar-refractivity contribution in [1.29, 1.82) is 0 Å². The van der Waals surface area contributed by atoms with E-state index in [0.29, 0.717) is 12.8 Å². The van der Waals surface area contributed by atoms with Crippen LogP contribution in [-0.4, -0.2) is 181 Å². The number of nitrogens with one attached hydrogen (secondary N) is 1. The van der Waals surface area contributed by atoms with E-state index in [4.69, 9.17) is 37.9 Å². The molecule has 368 valence electrons. The number of carbonyl (C=O) groups excluding carboxylic acids is 3. The summed E-state index contributed by atoms with van der Waals surface area (Å²) in [4.78, 5) is 45.7. The van der Waals surface area contributed by atoms with E-state index in [-0.39, 0.29) is 43.8 Å². The maximum Gasteiger partial charge on any atom is 0.311 e. The highest BCUT2D eigenvalue weighted by atomic mass is 16.7. The van der Waals surface area contributed by atoms with Crippen molar-refractivity contribution in [1.82, 2.24) is 15.1 Å². The number of hydrogen-bond acceptors (Lipinski definition) is 16. The predicted octanol–water partition coefficient (Wildman–Crippen LogP) is 3.41. The molecule has 3 rings (SSSR count).